The average Bonchev–Trinajstić information content (AvgIpc) is 3.32. The van der Waals surface area contributed by atoms with Gasteiger partial charge >= 0.3 is 0 Å². The summed E-state index contributed by atoms with van der Waals surface area (Å²) in [5.74, 6) is -0.213. The number of aromatic amines is 1. The first-order valence-electron chi connectivity index (χ1n) is 8.66. The molecule has 162 valence electrons. The van der Waals surface area contributed by atoms with Gasteiger partial charge in [-0.3, -0.25) is 9.35 Å². The molecule has 2 atom stereocenters. The Morgan fingerprint density at radius 2 is 2.03 bits per heavy atom. The minimum Gasteiger partial charge on any atom is -0.422 e. The molecule has 3 N–H and O–H groups in total. The molecular formula is C17H15N5O6S3. The highest BCUT2D eigenvalue weighted by Gasteiger charge is 2.33. The van der Waals surface area contributed by atoms with E-state index in [1.54, 1.807) is 18.3 Å². The van der Waals surface area contributed by atoms with Crippen molar-refractivity contribution in [2.45, 2.75) is 11.8 Å². The topological polar surface area (TPSA) is 168 Å². The van der Waals surface area contributed by atoms with Gasteiger partial charge in [-0.05, 0) is 29.3 Å². The number of sulfone groups is 1. The Labute approximate surface area is 181 Å². The Morgan fingerprint density at radius 1 is 1.26 bits per heavy atom. The number of hydrogen-bond acceptors (Lipinski definition) is 9. The number of pyridine rings is 1. The first kappa shape index (κ1) is 21.5. The number of benzene rings is 1. The SMILES string of the molecule is CS(=O)(=O)C(c1nnc(CNS(=O)O)o1)c1nc2ccc(-c3ccc(=O)[nH]c3)cc2s1. The van der Waals surface area contributed by atoms with Crippen molar-refractivity contribution in [3.63, 3.8) is 0 Å². The van der Waals surface area contributed by atoms with Gasteiger partial charge in [0.1, 0.15) is 5.01 Å². The van der Waals surface area contributed by atoms with Crippen LogP contribution in [-0.2, 0) is 27.6 Å². The molecule has 1 aromatic carbocycles. The van der Waals surface area contributed by atoms with Gasteiger partial charge in [-0.25, -0.2) is 22.3 Å². The standard InChI is InChI=1S/C17H15N5O6S3/c1-31(26,27)15(16-22-21-14(28-16)8-19-30(24)25)17-20-11-4-2-9(6-12(11)29-17)10-3-5-13(23)18-7-10/h2-7,15,19H,8H2,1H3,(H,18,23)(H,24,25). The van der Waals surface area contributed by atoms with E-state index in [4.69, 9.17) is 8.97 Å². The Hall–Kier alpha value is -2.78. The van der Waals surface area contributed by atoms with Crippen molar-refractivity contribution in [3.05, 3.63) is 63.7 Å². The van der Waals surface area contributed by atoms with Crippen molar-refractivity contribution in [2.24, 2.45) is 0 Å². The number of nitrogens with one attached hydrogen (secondary N) is 2. The number of fused-ring (bicyclic) bond motifs is 1. The fourth-order valence-corrected chi connectivity index (χ4v) is 5.64. The Balaban J connectivity index is 1.72. The number of thiazole rings is 1. The molecule has 0 amide bonds. The van der Waals surface area contributed by atoms with Gasteiger partial charge in [0.2, 0.25) is 28.6 Å². The van der Waals surface area contributed by atoms with Gasteiger partial charge in [-0.15, -0.1) is 21.5 Å². The minimum atomic E-state index is -3.72. The van der Waals surface area contributed by atoms with Crippen LogP contribution in [0.1, 0.15) is 22.0 Å². The minimum absolute atomic E-state index is 0.0347. The van der Waals surface area contributed by atoms with Gasteiger partial charge in [0.15, 0.2) is 15.1 Å². The zero-order valence-corrected chi connectivity index (χ0v) is 18.3. The molecule has 0 radical (unpaired) electrons. The maximum absolute atomic E-state index is 12.5. The molecule has 3 aromatic heterocycles. The molecule has 11 nitrogen and oxygen atoms in total. The fourth-order valence-electron chi connectivity index (χ4n) is 2.86. The van der Waals surface area contributed by atoms with Crippen LogP contribution in [0.25, 0.3) is 21.3 Å². The molecule has 2 unspecified atom stereocenters. The smallest absolute Gasteiger partial charge is 0.247 e. The summed E-state index contributed by atoms with van der Waals surface area (Å²) in [6.45, 7) is -0.199. The molecule has 14 heteroatoms. The van der Waals surface area contributed by atoms with Crippen molar-refractivity contribution < 1.29 is 21.6 Å². The number of rotatable bonds is 7. The van der Waals surface area contributed by atoms with E-state index in [2.05, 4.69) is 24.9 Å². The highest BCUT2D eigenvalue weighted by molar-refractivity contribution is 7.91. The van der Waals surface area contributed by atoms with Gasteiger partial charge in [0, 0.05) is 18.5 Å². The van der Waals surface area contributed by atoms with Crippen LogP contribution < -0.4 is 10.3 Å². The largest absolute Gasteiger partial charge is 0.422 e. The first-order chi connectivity index (χ1) is 14.7. The Bertz CT molecular complexity index is 1420. The molecule has 0 saturated carbocycles. The molecule has 0 aliphatic carbocycles. The predicted molar refractivity (Wildman–Crippen MR) is 114 cm³/mol. The zero-order valence-electron chi connectivity index (χ0n) is 15.8. The van der Waals surface area contributed by atoms with Crippen LogP contribution in [0.5, 0.6) is 0 Å². The molecule has 0 spiro atoms. The van der Waals surface area contributed by atoms with Crippen LogP contribution in [0.4, 0.5) is 0 Å². The maximum Gasteiger partial charge on any atom is 0.247 e. The molecule has 0 aliphatic heterocycles. The predicted octanol–water partition coefficient (Wildman–Crippen LogP) is 1.39. The van der Waals surface area contributed by atoms with Gasteiger partial charge in [-0.1, -0.05) is 6.07 Å². The third-order valence-corrected chi connectivity index (χ3v) is 7.13. The van der Waals surface area contributed by atoms with E-state index in [0.717, 1.165) is 22.1 Å². The molecule has 4 aromatic rings. The summed E-state index contributed by atoms with van der Waals surface area (Å²) in [5, 5.41) is 6.50. The second kappa shape index (κ2) is 8.39. The summed E-state index contributed by atoms with van der Waals surface area (Å²) < 4.78 is 52.9. The summed E-state index contributed by atoms with van der Waals surface area (Å²) in [7, 11) is -3.72. The molecule has 0 aliphatic rings. The van der Waals surface area contributed by atoms with Gasteiger partial charge < -0.3 is 9.40 Å². The van der Waals surface area contributed by atoms with Crippen LogP contribution in [0.2, 0.25) is 0 Å². The average molecular weight is 482 g/mol. The lowest BCUT2D eigenvalue weighted by Gasteiger charge is -2.07. The van der Waals surface area contributed by atoms with Crippen LogP contribution in [-0.4, -0.2) is 43.6 Å². The molecule has 31 heavy (non-hydrogen) atoms. The normalized spacial score (nSPS) is 14.0. The highest BCUT2D eigenvalue weighted by atomic mass is 32.2. The highest BCUT2D eigenvalue weighted by Crippen LogP contribution is 2.36. The quantitative estimate of drug-likeness (QED) is 0.330. The Morgan fingerprint density at radius 3 is 2.71 bits per heavy atom. The van der Waals surface area contributed by atoms with Crippen LogP contribution in [0.3, 0.4) is 0 Å². The molecule has 0 saturated heterocycles. The van der Waals surface area contributed by atoms with Gasteiger partial charge in [0.25, 0.3) is 0 Å². The fraction of sp³-hybridized carbons (Fsp3) is 0.176. The molecule has 0 bridgehead atoms. The lowest BCUT2D eigenvalue weighted by atomic mass is 10.1. The van der Waals surface area contributed by atoms with E-state index < -0.39 is 26.4 Å². The van der Waals surface area contributed by atoms with E-state index in [9.17, 15) is 17.4 Å². The number of H-pyrrole nitrogens is 1. The summed E-state index contributed by atoms with van der Waals surface area (Å²) >= 11 is -1.10. The molecular weight excluding hydrogens is 466 g/mol. The van der Waals surface area contributed by atoms with Gasteiger partial charge in [-0.2, -0.15) is 0 Å². The van der Waals surface area contributed by atoms with E-state index in [1.807, 2.05) is 12.1 Å². The lowest BCUT2D eigenvalue weighted by Crippen LogP contribution is -2.15. The van der Waals surface area contributed by atoms with Crippen molar-refractivity contribution >= 4 is 42.7 Å². The van der Waals surface area contributed by atoms with Crippen LogP contribution >= 0.6 is 11.3 Å². The van der Waals surface area contributed by atoms with E-state index >= 15 is 0 Å². The second-order valence-corrected chi connectivity index (χ2v) is 10.5. The lowest BCUT2D eigenvalue weighted by molar-refractivity contribution is 0.442. The number of nitrogens with zero attached hydrogens (tertiary/aromatic N) is 3. The summed E-state index contributed by atoms with van der Waals surface area (Å²) in [6, 6.07) is 8.54. The van der Waals surface area contributed by atoms with E-state index in [0.29, 0.717) is 5.52 Å². The summed E-state index contributed by atoms with van der Waals surface area (Å²) in [4.78, 5) is 18.3. The summed E-state index contributed by atoms with van der Waals surface area (Å²) in [6.07, 6.45) is 2.64. The van der Waals surface area contributed by atoms with Gasteiger partial charge in [0.05, 0.1) is 16.8 Å². The number of hydrogen-bond donors (Lipinski definition) is 3. The van der Waals surface area contributed by atoms with Crippen molar-refractivity contribution in [1.29, 1.82) is 0 Å². The maximum atomic E-state index is 12.5. The zero-order chi connectivity index (χ0) is 22.2. The van der Waals surface area contributed by atoms with Crippen LogP contribution in [0.15, 0.2) is 45.7 Å². The molecule has 3 heterocycles. The van der Waals surface area contributed by atoms with E-state index in [1.165, 1.54) is 17.4 Å². The third-order valence-electron chi connectivity index (χ3n) is 4.23. The first-order valence-corrected chi connectivity index (χ1v) is 12.5. The van der Waals surface area contributed by atoms with Crippen molar-refractivity contribution in [3.8, 4) is 11.1 Å². The van der Waals surface area contributed by atoms with Crippen LogP contribution in [0, 0.1) is 0 Å². The third kappa shape index (κ3) is 4.77. The monoisotopic (exact) mass is 481 g/mol. The number of aromatic nitrogens is 4. The van der Waals surface area contributed by atoms with Crippen molar-refractivity contribution in [2.75, 3.05) is 6.26 Å². The van der Waals surface area contributed by atoms with Crippen molar-refractivity contribution in [1.82, 2.24) is 24.9 Å². The van der Waals surface area contributed by atoms with E-state index in [-0.39, 0.29) is 28.9 Å². The Kier molecular flexibility index (Phi) is 5.81. The second-order valence-electron chi connectivity index (χ2n) is 6.49. The summed E-state index contributed by atoms with van der Waals surface area (Å²) in [5.41, 5.74) is 2.02. The molecule has 0 fully saturated rings. The molecule has 4 rings (SSSR count).